The van der Waals surface area contributed by atoms with E-state index in [0.29, 0.717) is 12.0 Å². The minimum atomic E-state index is -0.856. The number of nitrogens with two attached hydrogens (primary N) is 1. The van der Waals surface area contributed by atoms with E-state index >= 15 is 0 Å². The molecule has 5 heteroatoms. The molecule has 3 N–H and O–H groups in total. The first kappa shape index (κ1) is 13.6. The normalized spacial score (nSPS) is 12.4. The Morgan fingerprint density at radius 1 is 1.26 bits per heavy atom. The van der Waals surface area contributed by atoms with Gasteiger partial charge in [-0.25, -0.2) is 8.78 Å². The number of aromatic nitrogens is 1. The number of pyridine rings is 1. The summed E-state index contributed by atoms with van der Waals surface area (Å²) >= 11 is 0. The molecule has 19 heavy (non-hydrogen) atoms. The lowest BCUT2D eigenvalue weighted by Crippen LogP contribution is -2.30. The molecule has 0 spiro atoms. The monoisotopic (exact) mass is 263 g/mol. The average Bonchev–Trinajstić information content (AvgIpc) is 2.41. The minimum absolute atomic E-state index is 0.244. The number of hydrogen-bond acceptors (Lipinski definition) is 3. The molecular weight excluding hydrogens is 248 g/mol. The lowest BCUT2D eigenvalue weighted by Gasteiger charge is -2.17. The van der Waals surface area contributed by atoms with Gasteiger partial charge in [0.1, 0.15) is 0 Å². The predicted octanol–water partition coefficient (Wildman–Crippen LogP) is 2.42. The Labute approximate surface area is 110 Å². The van der Waals surface area contributed by atoms with Crippen molar-refractivity contribution in [1.82, 2.24) is 10.4 Å². The average molecular weight is 263 g/mol. The fourth-order valence-electron chi connectivity index (χ4n) is 2.00. The Hall–Kier alpha value is -1.85. The number of benzene rings is 1. The van der Waals surface area contributed by atoms with Gasteiger partial charge in [0, 0.05) is 6.20 Å². The molecule has 1 atom stereocenters. The quantitative estimate of drug-likeness (QED) is 0.658. The van der Waals surface area contributed by atoms with Gasteiger partial charge in [-0.1, -0.05) is 12.1 Å². The lowest BCUT2D eigenvalue weighted by molar-refractivity contribution is 0.500. The molecule has 1 heterocycles. The van der Waals surface area contributed by atoms with Crippen molar-refractivity contribution in [1.29, 1.82) is 0 Å². The zero-order valence-electron chi connectivity index (χ0n) is 10.5. The first-order valence-corrected chi connectivity index (χ1v) is 5.93. The van der Waals surface area contributed by atoms with Gasteiger partial charge >= 0.3 is 0 Å². The van der Waals surface area contributed by atoms with Crippen LogP contribution in [0.25, 0.3) is 0 Å². The van der Waals surface area contributed by atoms with Crippen molar-refractivity contribution in [2.45, 2.75) is 19.4 Å². The van der Waals surface area contributed by atoms with Gasteiger partial charge in [-0.15, -0.1) is 0 Å². The van der Waals surface area contributed by atoms with Gasteiger partial charge in [0.25, 0.3) is 0 Å². The SMILES string of the molecule is Cc1cccnc1C(Cc1ccc(F)c(F)c1)NN. The zero-order chi connectivity index (χ0) is 13.8. The van der Waals surface area contributed by atoms with Crippen molar-refractivity contribution in [3.8, 4) is 0 Å². The van der Waals surface area contributed by atoms with Gasteiger partial charge in [-0.05, 0) is 42.7 Å². The van der Waals surface area contributed by atoms with Gasteiger partial charge < -0.3 is 0 Å². The van der Waals surface area contributed by atoms with E-state index in [2.05, 4.69) is 10.4 Å². The molecule has 1 aromatic carbocycles. The molecule has 2 rings (SSSR count). The Kier molecular flexibility index (Phi) is 4.19. The molecule has 0 amide bonds. The van der Waals surface area contributed by atoms with Crippen molar-refractivity contribution < 1.29 is 8.78 Å². The van der Waals surface area contributed by atoms with Crippen molar-refractivity contribution in [3.05, 3.63) is 65.0 Å². The van der Waals surface area contributed by atoms with Gasteiger partial charge in [-0.2, -0.15) is 0 Å². The smallest absolute Gasteiger partial charge is 0.159 e. The van der Waals surface area contributed by atoms with Gasteiger partial charge in [0.05, 0.1) is 11.7 Å². The van der Waals surface area contributed by atoms with E-state index in [9.17, 15) is 8.78 Å². The van der Waals surface area contributed by atoms with Crippen LogP contribution in [0.1, 0.15) is 22.9 Å². The molecule has 0 aliphatic carbocycles. The number of hydrazine groups is 1. The van der Waals surface area contributed by atoms with Crippen LogP contribution in [0.15, 0.2) is 36.5 Å². The third-order valence-electron chi connectivity index (χ3n) is 3.01. The molecule has 0 fully saturated rings. The molecule has 3 nitrogen and oxygen atoms in total. The van der Waals surface area contributed by atoms with Crippen LogP contribution in [0.2, 0.25) is 0 Å². The van der Waals surface area contributed by atoms with Crippen LogP contribution in [0.5, 0.6) is 0 Å². The Morgan fingerprint density at radius 2 is 2.05 bits per heavy atom. The first-order chi connectivity index (χ1) is 9.11. The zero-order valence-corrected chi connectivity index (χ0v) is 10.5. The molecule has 0 saturated heterocycles. The van der Waals surface area contributed by atoms with E-state index in [0.717, 1.165) is 17.3 Å². The highest BCUT2D eigenvalue weighted by atomic mass is 19.2. The molecular formula is C14H15F2N3. The summed E-state index contributed by atoms with van der Waals surface area (Å²) in [6.45, 7) is 1.93. The first-order valence-electron chi connectivity index (χ1n) is 5.93. The highest BCUT2D eigenvalue weighted by Crippen LogP contribution is 2.20. The van der Waals surface area contributed by atoms with Crippen molar-refractivity contribution >= 4 is 0 Å². The number of nitrogens with zero attached hydrogens (tertiary/aromatic N) is 1. The molecule has 1 unspecified atom stereocenters. The maximum atomic E-state index is 13.2. The molecule has 0 saturated carbocycles. The van der Waals surface area contributed by atoms with Crippen LogP contribution in [0, 0.1) is 18.6 Å². The van der Waals surface area contributed by atoms with Gasteiger partial charge in [0.2, 0.25) is 0 Å². The summed E-state index contributed by atoms with van der Waals surface area (Å²) in [7, 11) is 0. The van der Waals surface area contributed by atoms with E-state index in [1.165, 1.54) is 6.07 Å². The lowest BCUT2D eigenvalue weighted by atomic mass is 10.0. The van der Waals surface area contributed by atoms with Gasteiger partial charge in [0.15, 0.2) is 11.6 Å². The summed E-state index contributed by atoms with van der Waals surface area (Å²) in [5.41, 5.74) is 5.12. The van der Waals surface area contributed by atoms with Crippen LogP contribution in [-0.4, -0.2) is 4.98 Å². The predicted molar refractivity (Wildman–Crippen MR) is 69.1 cm³/mol. The standard InChI is InChI=1S/C14H15F2N3/c1-9-3-2-6-18-14(9)13(19-17)8-10-4-5-11(15)12(16)7-10/h2-7,13,19H,8,17H2,1H3. The fourth-order valence-corrected chi connectivity index (χ4v) is 2.00. The number of aryl methyl sites for hydroxylation is 1. The molecule has 1 aromatic heterocycles. The third kappa shape index (κ3) is 3.13. The number of halogens is 2. The maximum Gasteiger partial charge on any atom is 0.159 e. The second kappa shape index (κ2) is 5.86. The van der Waals surface area contributed by atoms with E-state index in [-0.39, 0.29) is 6.04 Å². The summed E-state index contributed by atoms with van der Waals surface area (Å²) in [4.78, 5) is 4.28. The fraction of sp³-hybridized carbons (Fsp3) is 0.214. The minimum Gasteiger partial charge on any atom is -0.271 e. The van der Waals surface area contributed by atoms with Crippen LogP contribution < -0.4 is 11.3 Å². The van der Waals surface area contributed by atoms with E-state index < -0.39 is 11.6 Å². The van der Waals surface area contributed by atoms with Crippen LogP contribution in [0.4, 0.5) is 8.78 Å². The maximum absolute atomic E-state index is 13.2. The Bertz CT molecular complexity index is 572. The second-order valence-electron chi connectivity index (χ2n) is 4.38. The molecule has 100 valence electrons. The van der Waals surface area contributed by atoms with Crippen molar-refractivity contribution in [2.75, 3.05) is 0 Å². The topological polar surface area (TPSA) is 50.9 Å². The Morgan fingerprint density at radius 3 is 2.68 bits per heavy atom. The number of hydrogen-bond donors (Lipinski definition) is 2. The summed E-state index contributed by atoms with van der Waals surface area (Å²) in [5.74, 6) is 3.82. The second-order valence-corrected chi connectivity index (χ2v) is 4.38. The summed E-state index contributed by atoms with van der Waals surface area (Å²) in [6.07, 6.45) is 2.11. The van der Waals surface area contributed by atoms with Gasteiger partial charge in [-0.3, -0.25) is 16.3 Å². The van der Waals surface area contributed by atoms with Crippen LogP contribution >= 0.6 is 0 Å². The van der Waals surface area contributed by atoms with E-state index in [1.807, 2.05) is 19.1 Å². The summed E-state index contributed by atoms with van der Waals surface area (Å²) in [6, 6.07) is 7.36. The van der Waals surface area contributed by atoms with Crippen molar-refractivity contribution in [2.24, 2.45) is 5.84 Å². The molecule has 0 aliphatic heterocycles. The highest BCUT2D eigenvalue weighted by molar-refractivity contribution is 5.25. The molecule has 0 radical (unpaired) electrons. The van der Waals surface area contributed by atoms with Crippen LogP contribution in [-0.2, 0) is 6.42 Å². The highest BCUT2D eigenvalue weighted by Gasteiger charge is 2.15. The Balaban J connectivity index is 2.24. The van der Waals surface area contributed by atoms with E-state index in [4.69, 9.17) is 5.84 Å². The number of rotatable bonds is 4. The number of nitrogens with one attached hydrogen (secondary N) is 1. The molecule has 0 aliphatic rings. The van der Waals surface area contributed by atoms with E-state index in [1.54, 1.807) is 12.3 Å². The van der Waals surface area contributed by atoms with Crippen LogP contribution in [0.3, 0.4) is 0 Å². The van der Waals surface area contributed by atoms with Crippen molar-refractivity contribution in [3.63, 3.8) is 0 Å². The third-order valence-corrected chi connectivity index (χ3v) is 3.01. The molecule has 0 bridgehead atoms. The summed E-state index contributed by atoms with van der Waals surface area (Å²) < 4.78 is 26.1. The molecule has 2 aromatic rings. The largest absolute Gasteiger partial charge is 0.271 e. The summed E-state index contributed by atoms with van der Waals surface area (Å²) in [5, 5.41) is 0.